The van der Waals surface area contributed by atoms with Crippen LogP contribution in [0.3, 0.4) is 0 Å². The molecule has 9 heteroatoms. The number of nitro groups is 1. The molecule has 0 fully saturated rings. The number of aliphatic hydroxyl groups excluding tert-OH is 1. The molecule has 0 aliphatic rings. The van der Waals surface area contributed by atoms with E-state index < -0.39 is 17.9 Å². The second-order valence-corrected chi connectivity index (χ2v) is 4.65. The number of halogens is 2. The monoisotopic (exact) mass is 292 g/mol. The first-order valence-corrected chi connectivity index (χ1v) is 6.14. The fraction of sp³-hybridized carbons (Fsp3) is 0.727. The Bertz CT molecular complexity index is 476. The molecule has 20 heavy (non-hydrogen) atoms. The van der Waals surface area contributed by atoms with Gasteiger partial charge in [0, 0.05) is 19.5 Å². The Kier molecular flexibility index (Phi) is 5.37. The van der Waals surface area contributed by atoms with Crippen LogP contribution in [-0.2, 0) is 7.05 Å². The lowest BCUT2D eigenvalue weighted by Gasteiger charge is -2.22. The second-order valence-electron chi connectivity index (χ2n) is 4.65. The van der Waals surface area contributed by atoms with Gasteiger partial charge in [0.15, 0.2) is 0 Å². The molecule has 1 aromatic heterocycles. The highest BCUT2D eigenvalue weighted by atomic mass is 19.3. The van der Waals surface area contributed by atoms with E-state index in [1.807, 2.05) is 0 Å². The average Bonchev–Trinajstić information content (AvgIpc) is 2.66. The lowest BCUT2D eigenvalue weighted by atomic mass is 10.1. The minimum atomic E-state index is -2.67. The summed E-state index contributed by atoms with van der Waals surface area (Å²) >= 11 is 0. The van der Waals surface area contributed by atoms with Crippen LogP contribution in [0.1, 0.15) is 25.5 Å². The molecule has 1 aromatic rings. The van der Waals surface area contributed by atoms with Gasteiger partial charge in [-0.05, 0) is 0 Å². The average molecular weight is 292 g/mol. The largest absolute Gasteiger partial charge is 0.395 e. The summed E-state index contributed by atoms with van der Waals surface area (Å²) in [4.78, 5) is 11.7. The maximum Gasteiger partial charge on any atom is 0.334 e. The number of aliphatic hydroxyl groups is 1. The summed E-state index contributed by atoms with van der Waals surface area (Å²) in [7, 11) is 1.46. The number of alkyl halides is 2. The normalized spacial score (nSPS) is 11.4. The molecule has 0 unspecified atom stereocenters. The number of hydrogen-bond donors (Lipinski definition) is 1. The van der Waals surface area contributed by atoms with Gasteiger partial charge < -0.3 is 10.0 Å². The lowest BCUT2D eigenvalue weighted by Crippen LogP contribution is -2.33. The minimum Gasteiger partial charge on any atom is -0.395 e. The summed E-state index contributed by atoms with van der Waals surface area (Å²) in [6.45, 7) is 2.28. The highest BCUT2D eigenvalue weighted by Gasteiger charge is 2.32. The molecule has 1 heterocycles. The molecule has 0 aliphatic carbocycles. The second kappa shape index (κ2) is 6.60. The van der Waals surface area contributed by atoms with Crippen LogP contribution in [0.4, 0.5) is 20.3 Å². The fourth-order valence-electron chi connectivity index (χ4n) is 2.01. The van der Waals surface area contributed by atoms with E-state index >= 15 is 0 Å². The predicted molar refractivity (Wildman–Crippen MR) is 69.3 cm³/mol. The van der Waals surface area contributed by atoms with E-state index in [-0.39, 0.29) is 36.3 Å². The van der Waals surface area contributed by atoms with Crippen LogP contribution in [0.15, 0.2) is 0 Å². The fourth-order valence-corrected chi connectivity index (χ4v) is 2.01. The summed E-state index contributed by atoms with van der Waals surface area (Å²) in [6.07, 6.45) is -2.67. The molecule has 0 saturated carbocycles. The number of rotatable bonds is 7. The molecular weight excluding hydrogens is 274 g/mol. The van der Waals surface area contributed by atoms with Crippen molar-refractivity contribution in [2.45, 2.75) is 26.2 Å². The number of aromatic nitrogens is 2. The van der Waals surface area contributed by atoms with E-state index in [0.717, 1.165) is 4.90 Å². The molecule has 0 amide bonds. The van der Waals surface area contributed by atoms with E-state index in [9.17, 15) is 18.9 Å². The maximum atomic E-state index is 12.6. The van der Waals surface area contributed by atoms with Gasteiger partial charge >= 0.3 is 5.69 Å². The first-order chi connectivity index (χ1) is 9.29. The molecule has 0 saturated heterocycles. The Labute approximate surface area is 114 Å². The van der Waals surface area contributed by atoms with Crippen molar-refractivity contribution in [2.75, 3.05) is 24.6 Å². The van der Waals surface area contributed by atoms with Crippen molar-refractivity contribution in [3.63, 3.8) is 0 Å². The van der Waals surface area contributed by atoms with Crippen LogP contribution in [0.2, 0.25) is 0 Å². The zero-order valence-electron chi connectivity index (χ0n) is 11.6. The minimum absolute atomic E-state index is 0.00644. The van der Waals surface area contributed by atoms with Crippen molar-refractivity contribution in [1.29, 1.82) is 0 Å². The van der Waals surface area contributed by atoms with Gasteiger partial charge in [-0.15, -0.1) is 0 Å². The number of aryl methyl sites for hydroxylation is 1. The van der Waals surface area contributed by atoms with E-state index in [2.05, 4.69) is 5.10 Å². The van der Waals surface area contributed by atoms with Crippen LogP contribution in [0.25, 0.3) is 0 Å². The van der Waals surface area contributed by atoms with Gasteiger partial charge in [0.1, 0.15) is 5.69 Å². The molecule has 0 atom stereocenters. The summed E-state index contributed by atoms with van der Waals surface area (Å²) in [6, 6.07) is 0. The first-order valence-electron chi connectivity index (χ1n) is 6.14. The summed E-state index contributed by atoms with van der Waals surface area (Å²) < 4.78 is 26.4. The predicted octanol–water partition coefficient (Wildman–Crippen LogP) is 1.52. The van der Waals surface area contributed by atoms with Crippen molar-refractivity contribution < 1.29 is 18.8 Å². The van der Waals surface area contributed by atoms with E-state index in [4.69, 9.17) is 5.11 Å². The molecule has 0 aliphatic heterocycles. The first kappa shape index (κ1) is 16.3. The molecule has 1 N–H and O–H groups in total. The van der Waals surface area contributed by atoms with E-state index in [1.54, 1.807) is 13.8 Å². The Morgan fingerprint density at radius 3 is 2.50 bits per heavy atom. The molecule has 0 bridgehead atoms. The van der Waals surface area contributed by atoms with Crippen molar-refractivity contribution in [2.24, 2.45) is 7.05 Å². The maximum absolute atomic E-state index is 12.6. The molecule has 0 spiro atoms. The van der Waals surface area contributed by atoms with Crippen LogP contribution >= 0.6 is 0 Å². The zero-order chi connectivity index (χ0) is 15.4. The van der Waals surface area contributed by atoms with Gasteiger partial charge in [-0.1, -0.05) is 13.8 Å². The highest BCUT2D eigenvalue weighted by molar-refractivity contribution is 5.62. The van der Waals surface area contributed by atoms with Gasteiger partial charge in [0.25, 0.3) is 6.43 Å². The van der Waals surface area contributed by atoms with Crippen molar-refractivity contribution in [3.05, 3.63) is 15.8 Å². The topological polar surface area (TPSA) is 84.4 Å². The molecule has 114 valence electrons. The Balaban J connectivity index is 3.35. The van der Waals surface area contributed by atoms with Crippen LogP contribution in [-0.4, -0.2) is 45.9 Å². The molecule has 7 nitrogen and oxygen atoms in total. The molecular formula is C11H18F2N4O3. The molecule has 1 rings (SSSR count). The van der Waals surface area contributed by atoms with E-state index in [1.165, 1.54) is 11.7 Å². The van der Waals surface area contributed by atoms with Gasteiger partial charge in [-0.3, -0.25) is 10.1 Å². The summed E-state index contributed by atoms with van der Waals surface area (Å²) in [5, 5.41) is 24.2. The Morgan fingerprint density at radius 1 is 1.50 bits per heavy atom. The van der Waals surface area contributed by atoms with Gasteiger partial charge in [-0.25, -0.2) is 13.5 Å². The third-order valence-electron chi connectivity index (χ3n) is 2.78. The van der Waals surface area contributed by atoms with Crippen molar-refractivity contribution in [3.8, 4) is 0 Å². The SMILES string of the molecule is CC(C)c1nn(C)c(N(CCO)CC(F)F)c1[N+](=O)[O-]. The molecule has 0 aromatic carbocycles. The third-order valence-corrected chi connectivity index (χ3v) is 2.78. The Morgan fingerprint density at radius 2 is 2.10 bits per heavy atom. The number of anilines is 1. The third kappa shape index (κ3) is 3.41. The van der Waals surface area contributed by atoms with Crippen LogP contribution in [0, 0.1) is 10.1 Å². The van der Waals surface area contributed by atoms with Gasteiger partial charge in [-0.2, -0.15) is 5.10 Å². The van der Waals surface area contributed by atoms with Crippen molar-refractivity contribution >= 4 is 11.5 Å². The lowest BCUT2D eigenvalue weighted by molar-refractivity contribution is -0.385. The standard InChI is InChI=1S/C11H18F2N4O3/c1-7(2)9-10(17(19)20)11(15(3)14-9)16(4-5-18)6-8(12)13/h7-8,18H,4-6H2,1-3H3. The summed E-state index contributed by atoms with van der Waals surface area (Å²) in [5.41, 5.74) is -0.0405. The van der Waals surface area contributed by atoms with Gasteiger partial charge in [0.05, 0.1) is 18.1 Å². The number of hydrogen-bond acceptors (Lipinski definition) is 5. The van der Waals surface area contributed by atoms with E-state index in [0.29, 0.717) is 0 Å². The smallest absolute Gasteiger partial charge is 0.334 e. The van der Waals surface area contributed by atoms with Crippen LogP contribution < -0.4 is 4.90 Å². The van der Waals surface area contributed by atoms with Crippen LogP contribution in [0.5, 0.6) is 0 Å². The Hall–Kier alpha value is -1.77. The quantitative estimate of drug-likeness (QED) is 0.608. The van der Waals surface area contributed by atoms with Gasteiger partial charge in [0.2, 0.25) is 5.82 Å². The number of nitrogens with zero attached hydrogens (tertiary/aromatic N) is 4. The van der Waals surface area contributed by atoms with Crippen molar-refractivity contribution in [1.82, 2.24) is 9.78 Å². The molecule has 0 radical (unpaired) electrons. The zero-order valence-corrected chi connectivity index (χ0v) is 11.6. The highest BCUT2D eigenvalue weighted by Crippen LogP contribution is 2.35. The summed E-state index contributed by atoms with van der Waals surface area (Å²) in [5.74, 6) is -0.217.